The van der Waals surface area contributed by atoms with Crippen LogP contribution in [0.3, 0.4) is 0 Å². The maximum absolute atomic E-state index is 6.17. The Hall–Kier alpha value is -5.92. The Kier molecular flexibility index (Phi) is 6.78. The number of hydrogen-bond donors (Lipinski definition) is 0. The Morgan fingerprint density at radius 3 is 1.41 bits per heavy atom. The van der Waals surface area contributed by atoms with Gasteiger partial charge in [0.15, 0.2) is 0 Å². The van der Waals surface area contributed by atoms with Crippen molar-refractivity contribution in [2.24, 2.45) is 0 Å². The van der Waals surface area contributed by atoms with E-state index in [1.807, 2.05) is 12.1 Å². The van der Waals surface area contributed by atoms with Crippen molar-refractivity contribution in [3.05, 3.63) is 169 Å². The van der Waals surface area contributed by atoms with Crippen molar-refractivity contribution < 1.29 is 4.42 Å². The van der Waals surface area contributed by atoms with Crippen LogP contribution in [-0.2, 0) is 5.41 Å². The summed E-state index contributed by atoms with van der Waals surface area (Å²) in [6, 6.07) is 59.7. The maximum atomic E-state index is 6.17. The summed E-state index contributed by atoms with van der Waals surface area (Å²) < 4.78 is 6.17. The molecule has 0 fully saturated rings. The van der Waals surface area contributed by atoms with E-state index < -0.39 is 0 Å². The zero-order chi connectivity index (χ0) is 33.1. The van der Waals surface area contributed by atoms with Crippen LogP contribution in [0.1, 0.15) is 26.3 Å². The average Bonchev–Trinajstić information content (AvgIpc) is 3.52. The van der Waals surface area contributed by atoms with Crippen molar-refractivity contribution >= 4 is 43.5 Å². The molecule has 0 aliphatic heterocycles. The molecule has 0 aliphatic rings. The molecule has 9 aromatic rings. The summed E-state index contributed by atoms with van der Waals surface area (Å²) >= 11 is 0. The molecular formula is C48H36O. The second-order valence-corrected chi connectivity index (χ2v) is 14.1. The Balaban J connectivity index is 1.31. The number of rotatable bonds is 4. The fraction of sp³-hybridized carbons (Fsp3) is 0.0833. The zero-order valence-electron chi connectivity index (χ0n) is 28.0. The lowest BCUT2D eigenvalue weighted by molar-refractivity contribution is 0.590. The van der Waals surface area contributed by atoms with Gasteiger partial charge < -0.3 is 4.42 Å². The van der Waals surface area contributed by atoms with Gasteiger partial charge in [0.05, 0.1) is 0 Å². The van der Waals surface area contributed by atoms with Gasteiger partial charge in [-0.15, -0.1) is 0 Å². The summed E-state index contributed by atoms with van der Waals surface area (Å²) in [7, 11) is 0. The first kappa shape index (κ1) is 29.2. The van der Waals surface area contributed by atoms with Crippen LogP contribution in [0.15, 0.2) is 168 Å². The van der Waals surface area contributed by atoms with Gasteiger partial charge in [-0.25, -0.2) is 0 Å². The normalized spacial score (nSPS) is 12.0. The fourth-order valence-corrected chi connectivity index (χ4v) is 7.49. The molecular weight excluding hydrogens is 593 g/mol. The number of hydrogen-bond acceptors (Lipinski definition) is 1. The lowest BCUT2D eigenvalue weighted by atomic mass is 9.82. The predicted octanol–water partition coefficient (Wildman–Crippen LogP) is 13.9. The van der Waals surface area contributed by atoms with Gasteiger partial charge in [-0.1, -0.05) is 154 Å². The second-order valence-electron chi connectivity index (χ2n) is 14.1. The van der Waals surface area contributed by atoms with E-state index in [-0.39, 0.29) is 5.41 Å². The number of benzene rings is 8. The fourth-order valence-electron chi connectivity index (χ4n) is 7.49. The van der Waals surface area contributed by atoms with Crippen molar-refractivity contribution in [1.82, 2.24) is 0 Å². The summed E-state index contributed by atoms with van der Waals surface area (Å²) in [5.74, 6) is 0. The van der Waals surface area contributed by atoms with Gasteiger partial charge in [-0.3, -0.25) is 0 Å². The number of furan rings is 1. The molecule has 0 aliphatic carbocycles. The van der Waals surface area contributed by atoms with E-state index in [2.05, 4.69) is 172 Å². The summed E-state index contributed by atoms with van der Waals surface area (Å²) in [6.45, 7) is 6.90. The van der Waals surface area contributed by atoms with Crippen molar-refractivity contribution in [2.75, 3.05) is 0 Å². The Labute approximate surface area is 287 Å². The first-order chi connectivity index (χ1) is 23.9. The lowest BCUT2D eigenvalue weighted by Crippen LogP contribution is -2.11. The predicted molar refractivity (Wildman–Crippen MR) is 209 cm³/mol. The van der Waals surface area contributed by atoms with Crippen LogP contribution in [-0.4, -0.2) is 0 Å². The van der Waals surface area contributed by atoms with E-state index in [1.165, 1.54) is 71.6 Å². The van der Waals surface area contributed by atoms with Crippen molar-refractivity contribution in [2.45, 2.75) is 26.2 Å². The molecule has 8 aromatic carbocycles. The summed E-state index contributed by atoms with van der Waals surface area (Å²) in [5, 5.41) is 7.35. The monoisotopic (exact) mass is 628 g/mol. The van der Waals surface area contributed by atoms with Crippen LogP contribution in [0.25, 0.3) is 88.0 Å². The van der Waals surface area contributed by atoms with Gasteiger partial charge in [0.25, 0.3) is 0 Å². The van der Waals surface area contributed by atoms with Gasteiger partial charge in [0.2, 0.25) is 0 Å². The van der Waals surface area contributed by atoms with E-state index in [9.17, 15) is 0 Å². The van der Waals surface area contributed by atoms with E-state index in [0.29, 0.717) is 0 Å². The third kappa shape index (κ3) is 5.02. The number of para-hydroxylation sites is 1. The SMILES string of the molecule is CC(C)(C)c1cc(-c2ccc3c(-c4ccccc4)c4ccccc4c(-c4ccccc4)c3c2)cc(-c2ccc3oc4ccccc4c3c2)c1. The molecule has 234 valence electrons. The molecule has 0 saturated heterocycles. The third-order valence-electron chi connectivity index (χ3n) is 9.99. The minimum Gasteiger partial charge on any atom is -0.456 e. The standard InChI is InChI=1S/C48H36O/c1-48(2,3)37-27-35(26-36(28-37)34-23-25-45-42(29-34)38-18-12-13-21-44(38)49-45)33-22-24-41-43(30-33)47(32-16-8-5-9-17-32)40-20-11-10-19-39(40)46(41)31-14-6-4-7-15-31/h4-30H,1-3H3. The molecule has 0 N–H and O–H groups in total. The Morgan fingerprint density at radius 2 is 0.796 bits per heavy atom. The molecule has 0 saturated carbocycles. The van der Waals surface area contributed by atoms with Crippen LogP contribution in [0.4, 0.5) is 0 Å². The summed E-state index contributed by atoms with van der Waals surface area (Å²) in [5.41, 5.74) is 13.0. The molecule has 1 heterocycles. The van der Waals surface area contributed by atoms with Gasteiger partial charge in [-0.05, 0) is 107 Å². The Morgan fingerprint density at radius 1 is 0.327 bits per heavy atom. The molecule has 0 radical (unpaired) electrons. The number of fused-ring (bicyclic) bond motifs is 5. The van der Waals surface area contributed by atoms with Crippen LogP contribution in [0.5, 0.6) is 0 Å². The largest absolute Gasteiger partial charge is 0.456 e. The van der Waals surface area contributed by atoms with E-state index in [1.54, 1.807) is 0 Å². The van der Waals surface area contributed by atoms with Crippen molar-refractivity contribution in [3.8, 4) is 44.5 Å². The average molecular weight is 629 g/mol. The molecule has 9 rings (SSSR count). The van der Waals surface area contributed by atoms with E-state index >= 15 is 0 Å². The van der Waals surface area contributed by atoms with Crippen LogP contribution in [0, 0.1) is 0 Å². The first-order valence-electron chi connectivity index (χ1n) is 17.1. The quantitative estimate of drug-likeness (QED) is 0.177. The third-order valence-corrected chi connectivity index (χ3v) is 9.99. The Bertz CT molecular complexity index is 2670. The minimum absolute atomic E-state index is 0.0279. The van der Waals surface area contributed by atoms with Crippen molar-refractivity contribution in [3.63, 3.8) is 0 Å². The highest BCUT2D eigenvalue weighted by Gasteiger charge is 2.20. The zero-order valence-corrected chi connectivity index (χ0v) is 28.0. The molecule has 0 atom stereocenters. The topological polar surface area (TPSA) is 13.1 Å². The summed E-state index contributed by atoms with van der Waals surface area (Å²) in [6.07, 6.45) is 0. The molecule has 0 bridgehead atoms. The molecule has 0 spiro atoms. The molecule has 1 aromatic heterocycles. The highest BCUT2D eigenvalue weighted by molar-refractivity contribution is 6.22. The van der Waals surface area contributed by atoms with Gasteiger partial charge in [0.1, 0.15) is 11.2 Å². The van der Waals surface area contributed by atoms with Crippen LogP contribution in [0.2, 0.25) is 0 Å². The molecule has 1 nitrogen and oxygen atoms in total. The smallest absolute Gasteiger partial charge is 0.135 e. The molecule has 1 heteroatoms. The summed E-state index contributed by atoms with van der Waals surface area (Å²) in [4.78, 5) is 0. The highest BCUT2D eigenvalue weighted by Crippen LogP contribution is 2.45. The van der Waals surface area contributed by atoms with Gasteiger partial charge in [-0.2, -0.15) is 0 Å². The van der Waals surface area contributed by atoms with Crippen molar-refractivity contribution in [1.29, 1.82) is 0 Å². The van der Waals surface area contributed by atoms with Gasteiger partial charge in [0, 0.05) is 10.8 Å². The van der Waals surface area contributed by atoms with E-state index in [0.717, 1.165) is 21.9 Å². The van der Waals surface area contributed by atoms with Gasteiger partial charge >= 0.3 is 0 Å². The molecule has 0 unspecified atom stereocenters. The highest BCUT2D eigenvalue weighted by atomic mass is 16.3. The molecule has 0 amide bonds. The van der Waals surface area contributed by atoms with Crippen LogP contribution < -0.4 is 0 Å². The maximum Gasteiger partial charge on any atom is 0.135 e. The van der Waals surface area contributed by atoms with E-state index in [4.69, 9.17) is 4.42 Å². The lowest BCUT2D eigenvalue weighted by Gasteiger charge is -2.22. The second kappa shape index (κ2) is 11.4. The van der Waals surface area contributed by atoms with Crippen LogP contribution >= 0.6 is 0 Å². The minimum atomic E-state index is -0.0279. The molecule has 49 heavy (non-hydrogen) atoms. The first-order valence-corrected chi connectivity index (χ1v) is 17.1.